The van der Waals surface area contributed by atoms with Crippen LogP contribution in [0.2, 0.25) is 5.15 Å². The molecular formula is C9H11ClN2O2S. The van der Waals surface area contributed by atoms with Crippen LogP contribution in [-0.4, -0.2) is 23.8 Å². The summed E-state index contributed by atoms with van der Waals surface area (Å²) in [4.78, 5) is 14.9. The molecule has 1 heterocycles. The summed E-state index contributed by atoms with van der Waals surface area (Å²) in [5.74, 6) is 0.326. The van der Waals surface area contributed by atoms with Gasteiger partial charge in [0.05, 0.1) is 19.2 Å². The fraction of sp³-hybridized carbons (Fsp3) is 0.333. The first-order valence-corrected chi connectivity index (χ1v) is 5.61. The number of ether oxygens (including phenoxy) is 1. The van der Waals surface area contributed by atoms with Crippen molar-refractivity contribution < 1.29 is 9.53 Å². The van der Waals surface area contributed by atoms with Gasteiger partial charge in [0.2, 0.25) is 0 Å². The number of thioether (sulfide) groups is 1. The van der Waals surface area contributed by atoms with E-state index in [1.54, 1.807) is 12.1 Å². The van der Waals surface area contributed by atoms with Gasteiger partial charge in [0, 0.05) is 5.75 Å². The molecule has 0 unspecified atom stereocenters. The number of anilines is 1. The van der Waals surface area contributed by atoms with Crippen LogP contribution in [0.3, 0.4) is 0 Å². The van der Waals surface area contributed by atoms with Crippen LogP contribution in [0.1, 0.15) is 6.42 Å². The van der Waals surface area contributed by atoms with Crippen LogP contribution in [0.15, 0.2) is 17.2 Å². The van der Waals surface area contributed by atoms with E-state index in [1.807, 2.05) is 0 Å². The van der Waals surface area contributed by atoms with Crippen molar-refractivity contribution in [2.45, 2.75) is 11.4 Å². The number of pyridine rings is 1. The van der Waals surface area contributed by atoms with Crippen LogP contribution in [0.4, 0.5) is 5.69 Å². The van der Waals surface area contributed by atoms with E-state index in [9.17, 15) is 4.79 Å². The third-order valence-corrected chi connectivity index (χ3v) is 2.85. The quantitative estimate of drug-likeness (QED) is 0.500. The Balaban J connectivity index is 2.50. The standard InChI is InChI=1S/C9H11ClN2O2S/c1-14-8(13)4-5-15-9-6(11)2-3-7(10)12-9/h2-3H,4-5,11H2,1H3. The van der Waals surface area contributed by atoms with Gasteiger partial charge >= 0.3 is 5.97 Å². The highest BCUT2D eigenvalue weighted by Crippen LogP contribution is 2.24. The zero-order valence-corrected chi connectivity index (χ0v) is 9.77. The number of nitrogens with zero attached hydrogens (tertiary/aromatic N) is 1. The Morgan fingerprint density at radius 3 is 3.07 bits per heavy atom. The van der Waals surface area contributed by atoms with Gasteiger partial charge in [0.25, 0.3) is 0 Å². The minimum absolute atomic E-state index is 0.247. The lowest BCUT2D eigenvalue weighted by molar-refractivity contribution is -0.140. The normalized spacial score (nSPS) is 10.0. The number of halogens is 1. The number of nitrogen functional groups attached to an aromatic ring is 1. The molecule has 15 heavy (non-hydrogen) atoms. The Morgan fingerprint density at radius 2 is 2.40 bits per heavy atom. The lowest BCUT2D eigenvalue weighted by atomic mass is 10.4. The number of carbonyl (C=O) groups excluding carboxylic acids is 1. The smallest absolute Gasteiger partial charge is 0.306 e. The molecule has 1 aromatic rings. The number of carbonyl (C=O) groups is 1. The predicted octanol–water partition coefficient (Wildman–Crippen LogP) is 1.97. The molecule has 4 nitrogen and oxygen atoms in total. The van der Waals surface area contributed by atoms with Gasteiger partial charge < -0.3 is 10.5 Å². The lowest BCUT2D eigenvalue weighted by Gasteiger charge is -2.03. The van der Waals surface area contributed by atoms with Crippen LogP contribution in [-0.2, 0) is 9.53 Å². The van der Waals surface area contributed by atoms with Gasteiger partial charge in [-0.05, 0) is 12.1 Å². The molecule has 0 aliphatic carbocycles. The van der Waals surface area contributed by atoms with E-state index in [2.05, 4.69) is 9.72 Å². The molecule has 0 aromatic carbocycles. The fourth-order valence-corrected chi connectivity index (χ4v) is 1.93. The van der Waals surface area contributed by atoms with Gasteiger partial charge in [-0.15, -0.1) is 11.8 Å². The van der Waals surface area contributed by atoms with Crippen LogP contribution in [0.25, 0.3) is 0 Å². The van der Waals surface area contributed by atoms with E-state index in [0.29, 0.717) is 28.0 Å². The molecule has 0 aliphatic heterocycles. The first kappa shape index (κ1) is 12.1. The summed E-state index contributed by atoms with van der Waals surface area (Å²) in [5, 5.41) is 1.04. The summed E-state index contributed by atoms with van der Waals surface area (Å²) in [5.41, 5.74) is 6.24. The average Bonchev–Trinajstić information content (AvgIpc) is 2.23. The molecule has 0 bridgehead atoms. The second kappa shape index (κ2) is 5.82. The minimum atomic E-state index is -0.247. The molecule has 0 spiro atoms. The molecule has 2 N–H and O–H groups in total. The predicted molar refractivity (Wildman–Crippen MR) is 61.0 cm³/mol. The third-order valence-electron chi connectivity index (χ3n) is 1.63. The maximum atomic E-state index is 10.8. The first-order valence-electron chi connectivity index (χ1n) is 4.25. The van der Waals surface area contributed by atoms with Gasteiger partial charge in [-0.2, -0.15) is 0 Å². The molecular weight excluding hydrogens is 236 g/mol. The van der Waals surface area contributed by atoms with E-state index in [0.717, 1.165) is 0 Å². The van der Waals surface area contributed by atoms with Crippen molar-refractivity contribution >= 4 is 35.0 Å². The SMILES string of the molecule is COC(=O)CCSc1nc(Cl)ccc1N. The van der Waals surface area contributed by atoms with E-state index in [4.69, 9.17) is 17.3 Å². The van der Waals surface area contributed by atoms with Gasteiger partial charge in [0.1, 0.15) is 10.2 Å². The highest BCUT2D eigenvalue weighted by molar-refractivity contribution is 7.99. The summed E-state index contributed by atoms with van der Waals surface area (Å²) >= 11 is 7.10. The molecule has 0 aliphatic rings. The first-order chi connectivity index (χ1) is 7.13. The Kier molecular flexibility index (Phi) is 4.71. The Bertz CT molecular complexity index is 360. The number of hydrogen-bond acceptors (Lipinski definition) is 5. The fourth-order valence-electron chi connectivity index (χ4n) is 0.877. The van der Waals surface area contributed by atoms with Gasteiger partial charge in [-0.3, -0.25) is 4.79 Å². The Labute approximate surface area is 97.2 Å². The summed E-state index contributed by atoms with van der Waals surface area (Å²) in [6.07, 6.45) is 0.328. The number of methoxy groups -OCH3 is 1. The van der Waals surface area contributed by atoms with E-state index < -0.39 is 0 Å². The summed E-state index contributed by atoms with van der Waals surface area (Å²) < 4.78 is 4.51. The van der Waals surface area contributed by atoms with Crippen molar-refractivity contribution in [1.29, 1.82) is 0 Å². The second-order valence-electron chi connectivity index (χ2n) is 2.70. The van der Waals surface area contributed by atoms with E-state index in [1.165, 1.54) is 18.9 Å². The zero-order chi connectivity index (χ0) is 11.3. The summed E-state index contributed by atoms with van der Waals surface area (Å²) in [6.45, 7) is 0. The lowest BCUT2D eigenvalue weighted by Crippen LogP contribution is -2.01. The van der Waals surface area contributed by atoms with Crippen molar-refractivity contribution in [2.75, 3.05) is 18.6 Å². The summed E-state index contributed by atoms with van der Waals surface area (Å²) in [7, 11) is 1.36. The number of hydrogen-bond donors (Lipinski definition) is 1. The molecule has 0 radical (unpaired) electrons. The topological polar surface area (TPSA) is 65.2 Å². The number of nitrogens with two attached hydrogens (primary N) is 1. The Hall–Kier alpha value is -0.940. The number of aromatic nitrogens is 1. The minimum Gasteiger partial charge on any atom is -0.469 e. The molecule has 1 rings (SSSR count). The molecule has 0 saturated carbocycles. The monoisotopic (exact) mass is 246 g/mol. The summed E-state index contributed by atoms with van der Waals surface area (Å²) in [6, 6.07) is 3.32. The zero-order valence-electron chi connectivity index (χ0n) is 8.20. The van der Waals surface area contributed by atoms with Gasteiger partial charge in [0.15, 0.2) is 0 Å². The highest BCUT2D eigenvalue weighted by Gasteiger charge is 2.05. The molecule has 0 saturated heterocycles. The number of rotatable bonds is 4. The molecule has 0 atom stereocenters. The Morgan fingerprint density at radius 1 is 1.67 bits per heavy atom. The van der Waals surface area contributed by atoms with Crippen LogP contribution in [0.5, 0.6) is 0 Å². The van der Waals surface area contributed by atoms with E-state index in [-0.39, 0.29) is 5.97 Å². The molecule has 0 fully saturated rings. The second-order valence-corrected chi connectivity index (χ2v) is 4.17. The van der Waals surface area contributed by atoms with Crippen LogP contribution >= 0.6 is 23.4 Å². The molecule has 6 heteroatoms. The number of esters is 1. The molecule has 0 amide bonds. The van der Waals surface area contributed by atoms with Crippen LogP contribution in [0, 0.1) is 0 Å². The van der Waals surface area contributed by atoms with Crippen molar-refractivity contribution in [3.63, 3.8) is 0 Å². The van der Waals surface area contributed by atoms with Crippen molar-refractivity contribution in [3.05, 3.63) is 17.3 Å². The molecule has 1 aromatic heterocycles. The van der Waals surface area contributed by atoms with E-state index >= 15 is 0 Å². The average molecular weight is 247 g/mol. The highest BCUT2D eigenvalue weighted by atomic mass is 35.5. The van der Waals surface area contributed by atoms with Gasteiger partial charge in [-0.25, -0.2) is 4.98 Å². The van der Waals surface area contributed by atoms with Crippen LogP contribution < -0.4 is 5.73 Å². The maximum absolute atomic E-state index is 10.8. The third kappa shape index (κ3) is 3.97. The van der Waals surface area contributed by atoms with Gasteiger partial charge in [-0.1, -0.05) is 11.6 Å². The largest absolute Gasteiger partial charge is 0.469 e. The van der Waals surface area contributed by atoms with Crippen molar-refractivity contribution in [2.24, 2.45) is 0 Å². The maximum Gasteiger partial charge on any atom is 0.306 e. The van der Waals surface area contributed by atoms with Crippen molar-refractivity contribution in [1.82, 2.24) is 4.98 Å². The van der Waals surface area contributed by atoms with Crippen molar-refractivity contribution in [3.8, 4) is 0 Å². The molecule has 82 valence electrons.